The van der Waals surface area contributed by atoms with Crippen molar-refractivity contribution in [2.24, 2.45) is 0 Å². The molecule has 0 spiro atoms. The molecule has 2 unspecified atom stereocenters. The van der Waals surface area contributed by atoms with Crippen LogP contribution in [0.1, 0.15) is 17.4 Å². The molecule has 1 aromatic heterocycles. The van der Waals surface area contributed by atoms with Gasteiger partial charge in [-0.05, 0) is 18.6 Å². The van der Waals surface area contributed by atoms with E-state index in [2.05, 4.69) is 10.2 Å². The number of benzene rings is 1. The molecule has 0 aliphatic heterocycles. The number of hydrogen-bond acceptors (Lipinski definition) is 4. The highest BCUT2D eigenvalue weighted by molar-refractivity contribution is 5.82. The average Bonchev–Trinajstić information content (AvgIpc) is 2.68. The van der Waals surface area contributed by atoms with Gasteiger partial charge < -0.3 is 15.3 Å². The number of nitrogens with zero attached hydrogens (tertiary/aromatic N) is 1. The summed E-state index contributed by atoms with van der Waals surface area (Å²) in [6.07, 6.45) is -3.30. The summed E-state index contributed by atoms with van der Waals surface area (Å²) in [5.41, 5.74) is 1.83. The molecule has 0 saturated carbocycles. The lowest BCUT2D eigenvalue weighted by Crippen LogP contribution is -2.27. The zero-order valence-corrected chi connectivity index (χ0v) is 9.08. The first-order chi connectivity index (χ1) is 8.00. The summed E-state index contributed by atoms with van der Waals surface area (Å²) < 4.78 is 0. The van der Waals surface area contributed by atoms with Crippen molar-refractivity contribution >= 4 is 16.9 Å². The topological polar surface area (TPSA) is 106 Å². The number of carbonyl (C=O) groups is 1. The summed E-state index contributed by atoms with van der Waals surface area (Å²) in [7, 11) is 0. The number of fused-ring (bicyclic) bond motifs is 1. The van der Waals surface area contributed by atoms with Crippen LogP contribution in [0, 0.1) is 6.92 Å². The number of rotatable bonds is 3. The predicted octanol–water partition coefficient (Wildman–Crippen LogP) is 0.350. The largest absolute Gasteiger partial charge is 0.479 e. The molecule has 0 aliphatic rings. The molecule has 0 fully saturated rings. The van der Waals surface area contributed by atoms with E-state index < -0.39 is 18.2 Å². The van der Waals surface area contributed by atoms with Crippen molar-refractivity contribution in [3.8, 4) is 0 Å². The van der Waals surface area contributed by atoms with Crippen molar-refractivity contribution in [3.05, 3.63) is 29.5 Å². The van der Waals surface area contributed by atoms with Gasteiger partial charge >= 0.3 is 5.97 Å². The second-order valence-electron chi connectivity index (χ2n) is 3.85. The van der Waals surface area contributed by atoms with Gasteiger partial charge in [0.1, 0.15) is 6.10 Å². The van der Waals surface area contributed by atoms with Crippen molar-refractivity contribution in [1.82, 2.24) is 10.2 Å². The van der Waals surface area contributed by atoms with Gasteiger partial charge in [-0.15, -0.1) is 0 Å². The van der Waals surface area contributed by atoms with Gasteiger partial charge in [0.15, 0.2) is 6.10 Å². The third kappa shape index (κ3) is 2.00. The Morgan fingerprint density at radius 2 is 2.12 bits per heavy atom. The molecule has 6 heteroatoms. The zero-order chi connectivity index (χ0) is 12.6. The number of aryl methyl sites for hydroxylation is 1. The van der Waals surface area contributed by atoms with Crippen molar-refractivity contribution < 1.29 is 20.1 Å². The minimum absolute atomic E-state index is 0.318. The minimum atomic E-state index is -1.84. The normalized spacial score (nSPS) is 14.8. The number of aliphatic hydroxyl groups is 2. The van der Waals surface area contributed by atoms with Crippen LogP contribution in [0.3, 0.4) is 0 Å². The van der Waals surface area contributed by atoms with E-state index in [-0.39, 0.29) is 0 Å². The van der Waals surface area contributed by atoms with Crippen molar-refractivity contribution in [2.45, 2.75) is 19.1 Å². The predicted molar refractivity (Wildman–Crippen MR) is 59.4 cm³/mol. The Hall–Kier alpha value is -1.92. The lowest BCUT2D eigenvalue weighted by molar-refractivity contribution is -0.153. The standard InChI is InChI=1S/C11H12N2O4/c1-5-7-3-2-6(4-8(7)13-12-5)9(14)10(15)11(16)17/h2-4,9-10,14-15H,1H3,(H,12,13)(H,16,17). The molecule has 6 nitrogen and oxygen atoms in total. The van der Waals surface area contributed by atoms with Crippen LogP contribution in [0.15, 0.2) is 18.2 Å². The third-order valence-corrected chi connectivity index (χ3v) is 2.66. The molecule has 4 N–H and O–H groups in total. The molecule has 0 saturated heterocycles. The number of aliphatic carboxylic acids is 1. The highest BCUT2D eigenvalue weighted by atomic mass is 16.4. The number of aliphatic hydroxyl groups excluding tert-OH is 2. The lowest BCUT2D eigenvalue weighted by atomic mass is 10.0. The number of carboxylic acid groups (broad SMARTS) is 1. The quantitative estimate of drug-likeness (QED) is 0.615. The average molecular weight is 236 g/mol. The Morgan fingerprint density at radius 1 is 1.41 bits per heavy atom. The van der Waals surface area contributed by atoms with E-state index in [0.717, 1.165) is 11.1 Å². The van der Waals surface area contributed by atoms with E-state index >= 15 is 0 Å². The van der Waals surface area contributed by atoms with Crippen LogP contribution in [-0.2, 0) is 4.79 Å². The van der Waals surface area contributed by atoms with E-state index in [9.17, 15) is 15.0 Å². The van der Waals surface area contributed by atoms with E-state index in [4.69, 9.17) is 5.11 Å². The van der Waals surface area contributed by atoms with Crippen LogP contribution >= 0.6 is 0 Å². The second kappa shape index (κ2) is 4.15. The van der Waals surface area contributed by atoms with Crippen LogP contribution in [0.5, 0.6) is 0 Å². The zero-order valence-electron chi connectivity index (χ0n) is 9.08. The van der Waals surface area contributed by atoms with Gasteiger partial charge in [0, 0.05) is 11.1 Å². The number of hydrogen-bond donors (Lipinski definition) is 4. The molecule has 1 aromatic carbocycles. The summed E-state index contributed by atoms with van der Waals surface area (Å²) in [6, 6.07) is 4.85. The molecule has 0 bridgehead atoms. The lowest BCUT2D eigenvalue weighted by Gasteiger charge is -2.14. The van der Waals surface area contributed by atoms with Crippen LogP contribution in [0.25, 0.3) is 10.9 Å². The first-order valence-corrected chi connectivity index (χ1v) is 5.04. The molecule has 1 heterocycles. The van der Waals surface area contributed by atoms with Crippen LogP contribution in [-0.4, -0.2) is 37.6 Å². The molecule has 2 atom stereocenters. The van der Waals surface area contributed by atoms with Crippen molar-refractivity contribution in [2.75, 3.05) is 0 Å². The number of aromatic amines is 1. The fraction of sp³-hybridized carbons (Fsp3) is 0.273. The molecular formula is C11H12N2O4. The van der Waals surface area contributed by atoms with E-state index in [1.807, 2.05) is 6.92 Å². The fourth-order valence-electron chi connectivity index (χ4n) is 1.66. The highest BCUT2D eigenvalue weighted by Gasteiger charge is 2.25. The van der Waals surface area contributed by atoms with E-state index in [1.165, 1.54) is 0 Å². The molecule has 2 aromatic rings. The van der Waals surface area contributed by atoms with E-state index in [1.54, 1.807) is 18.2 Å². The molecule has 0 amide bonds. The van der Waals surface area contributed by atoms with Crippen LogP contribution in [0.4, 0.5) is 0 Å². The van der Waals surface area contributed by atoms with Crippen LogP contribution < -0.4 is 0 Å². The maximum Gasteiger partial charge on any atom is 0.335 e. The molecule has 2 rings (SSSR count). The Labute approximate surface area is 96.5 Å². The second-order valence-corrected chi connectivity index (χ2v) is 3.85. The maximum atomic E-state index is 10.5. The fourth-order valence-corrected chi connectivity index (χ4v) is 1.66. The van der Waals surface area contributed by atoms with E-state index in [0.29, 0.717) is 11.1 Å². The molecule has 0 radical (unpaired) electrons. The summed E-state index contributed by atoms with van der Waals surface area (Å²) >= 11 is 0. The summed E-state index contributed by atoms with van der Waals surface area (Å²) in [6.45, 7) is 1.86. The van der Waals surface area contributed by atoms with Gasteiger partial charge in [-0.1, -0.05) is 12.1 Å². The molecule has 90 valence electrons. The number of carboxylic acids is 1. The van der Waals surface area contributed by atoms with Crippen molar-refractivity contribution in [3.63, 3.8) is 0 Å². The Balaban J connectivity index is 2.39. The Kier molecular flexibility index (Phi) is 2.83. The van der Waals surface area contributed by atoms with Crippen LogP contribution in [0.2, 0.25) is 0 Å². The third-order valence-electron chi connectivity index (χ3n) is 2.66. The minimum Gasteiger partial charge on any atom is -0.479 e. The number of H-pyrrole nitrogens is 1. The van der Waals surface area contributed by atoms with Gasteiger partial charge in [-0.25, -0.2) is 4.79 Å². The van der Waals surface area contributed by atoms with Crippen molar-refractivity contribution in [1.29, 1.82) is 0 Å². The van der Waals surface area contributed by atoms with Gasteiger partial charge in [0.25, 0.3) is 0 Å². The Morgan fingerprint density at radius 3 is 2.76 bits per heavy atom. The Bertz CT molecular complexity index is 564. The summed E-state index contributed by atoms with van der Waals surface area (Å²) in [4.78, 5) is 10.5. The molecule has 17 heavy (non-hydrogen) atoms. The number of aromatic nitrogens is 2. The van der Waals surface area contributed by atoms with Gasteiger partial charge in [0.2, 0.25) is 0 Å². The SMILES string of the molecule is Cc1[nH]nc2cc(C(O)C(O)C(=O)O)ccc12. The maximum absolute atomic E-state index is 10.5. The summed E-state index contributed by atoms with van der Waals surface area (Å²) in [5.74, 6) is -1.46. The first-order valence-electron chi connectivity index (χ1n) is 5.04. The van der Waals surface area contributed by atoms with Gasteiger partial charge in [0.05, 0.1) is 5.52 Å². The first kappa shape index (κ1) is 11.6. The smallest absolute Gasteiger partial charge is 0.335 e. The summed E-state index contributed by atoms with van der Waals surface area (Å²) in [5, 5.41) is 35.2. The van der Waals surface area contributed by atoms with Gasteiger partial charge in [-0.3, -0.25) is 5.10 Å². The monoisotopic (exact) mass is 236 g/mol. The highest BCUT2D eigenvalue weighted by Crippen LogP contribution is 2.23. The van der Waals surface area contributed by atoms with Gasteiger partial charge in [-0.2, -0.15) is 5.10 Å². The molecule has 0 aliphatic carbocycles. The number of nitrogens with one attached hydrogen (secondary N) is 1. The molecular weight excluding hydrogens is 224 g/mol.